The molecule has 0 aliphatic carbocycles. The third-order valence-corrected chi connectivity index (χ3v) is 6.00. The number of nitrogens with one attached hydrogen (secondary N) is 1. The Labute approximate surface area is 144 Å². The lowest BCUT2D eigenvalue weighted by atomic mass is 10.0. The number of hydrogen-bond donors (Lipinski definition) is 1. The molecule has 1 aromatic rings. The monoisotopic (exact) mass is 354 g/mol. The van der Waals surface area contributed by atoms with Gasteiger partial charge >= 0.3 is 6.03 Å². The van der Waals surface area contributed by atoms with Crippen molar-refractivity contribution in [3.8, 4) is 5.75 Å². The summed E-state index contributed by atoms with van der Waals surface area (Å²) in [5.41, 5.74) is 1.08. The van der Waals surface area contributed by atoms with E-state index in [1.165, 1.54) is 4.90 Å². The molecule has 6 nitrogen and oxygen atoms in total. The smallest absolute Gasteiger partial charge is 0.320 e. The van der Waals surface area contributed by atoms with Gasteiger partial charge in [0.15, 0.2) is 16.1 Å². The van der Waals surface area contributed by atoms with Gasteiger partial charge in [0.1, 0.15) is 5.75 Å². The number of amides is 2. The van der Waals surface area contributed by atoms with E-state index in [2.05, 4.69) is 19.2 Å². The normalized spacial score (nSPS) is 20.6. The zero-order valence-corrected chi connectivity index (χ0v) is 15.5. The molecule has 0 spiro atoms. The van der Waals surface area contributed by atoms with Gasteiger partial charge in [-0.15, -0.1) is 0 Å². The number of sulfone groups is 1. The molecule has 1 aliphatic heterocycles. The maximum Gasteiger partial charge on any atom is 0.320 e. The maximum absolute atomic E-state index is 12.3. The minimum absolute atomic E-state index is 0.0301. The molecule has 2 rings (SSSR count). The van der Waals surface area contributed by atoms with E-state index < -0.39 is 16.1 Å². The second-order valence-corrected chi connectivity index (χ2v) is 8.80. The number of nitrogens with zero attached hydrogens (tertiary/aromatic N) is 1. The lowest BCUT2D eigenvalue weighted by molar-refractivity contribution is 0.150. The summed E-state index contributed by atoms with van der Waals surface area (Å²) in [6.07, 6.45) is -0.0321. The third-order valence-electron chi connectivity index (χ3n) is 4.25. The molecule has 1 aromatic carbocycles. The van der Waals surface area contributed by atoms with E-state index in [0.717, 1.165) is 11.3 Å². The van der Waals surface area contributed by atoms with Crippen LogP contribution in [-0.4, -0.2) is 50.2 Å². The van der Waals surface area contributed by atoms with E-state index in [-0.39, 0.29) is 23.6 Å². The first-order chi connectivity index (χ1) is 11.2. The summed E-state index contributed by atoms with van der Waals surface area (Å²) in [6.45, 7) is 5.92. The van der Waals surface area contributed by atoms with E-state index in [1.807, 2.05) is 24.3 Å². The number of ether oxygens (including phenoxy) is 1. The topological polar surface area (TPSA) is 75.7 Å². The minimum atomic E-state index is -3.02. The molecule has 2 unspecified atom stereocenters. The molecule has 0 aromatic heterocycles. The number of urea groups is 1. The quantitative estimate of drug-likeness (QED) is 0.824. The highest BCUT2D eigenvalue weighted by Gasteiger charge is 2.33. The number of para-hydroxylation sites is 1. The standard InChI is InChI=1S/C17H26N2O4S/c1-12(2)15-7-5-6-8-16(15)23-13(3)18-17(20)19(4)14-9-10-24(21,22)11-14/h5-8,12-14H,9-11H2,1-4H3,(H,18,20). The van der Waals surface area contributed by atoms with E-state index in [1.54, 1.807) is 14.0 Å². The van der Waals surface area contributed by atoms with Crippen molar-refractivity contribution in [2.24, 2.45) is 0 Å². The molecule has 1 aliphatic rings. The molecule has 0 saturated carbocycles. The van der Waals surface area contributed by atoms with E-state index in [9.17, 15) is 13.2 Å². The van der Waals surface area contributed by atoms with Crippen molar-refractivity contribution in [2.75, 3.05) is 18.6 Å². The number of carbonyl (C=O) groups excluding carboxylic acids is 1. The molecule has 2 atom stereocenters. The summed E-state index contributed by atoms with van der Waals surface area (Å²) >= 11 is 0. The number of rotatable bonds is 5. The van der Waals surface area contributed by atoms with Gasteiger partial charge in [0.25, 0.3) is 0 Å². The van der Waals surface area contributed by atoms with Crippen LogP contribution in [0.25, 0.3) is 0 Å². The maximum atomic E-state index is 12.3. The van der Waals surface area contributed by atoms with Gasteiger partial charge in [0.05, 0.1) is 11.5 Å². The second kappa shape index (κ2) is 7.42. The van der Waals surface area contributed by atoms with Crippen LogP contribution in [0.3, 0.4) is 0 Å². The molecule has 0 radical (unpaired) electrons. The second-order valence-electron chi connectivity index (χ2n) is 6.57. The van der Waals surface area contributed by atoms with Crippen LogP contribution in [0.5, 0.6) is 5.75 Å². The Kier molecular flexibility index (Phi) is 5.74. The lowest BCUT2D eigenvalue weighted by Gasteiger charge is -2.26. The van der Waals surface area contributed by atoms with Crippen LogP contribution in [0.1, 0.15) is 38.7 Å². The van der Waals surface area contributed by atoms with Gasteiger partial charge in [-0.25, -0.2) is 13.2 Å². The predicted octanol–water partition coefficient (Wildman–Crippen LogP) is 2.36. The van der Waals surface area contributed by atoms with Crippen LogP contribution >= 0.6 is 0 Å². The average molecular weight is 354 g/mol. The van der Waals surface area contributed by atoms with Crippen molar-refractivity contribution in [2.45, 2.75) is 45.4 Å². The number of carbonyl (C=O) groups is 1. The first kappa shape index (κ1) is 18.6. The average Bonchev–Trinajstić information content (AvgIpc) is 2.86. The fourth-order valence-electron chi connectivity index (χ4n) is 2.81. The van der Waals surface area contributed by atoms with Crippen LogP contribution < -0.4 is 10.1 Å². The Balaban J connectivity index is 1.95. The van der Waals surface area contributed by atoms with Crippen molar-refractivity contribution < 1.29 is 17.9 Å². The highest BCUT2D eigenvalue weighted by Crippen LogP contribution is 2.26. The molecule has 24 heavy (non-hydrogen) atoms. The molecule has 0 bridgehead atoms. The highest BCUT2D eigenvalue weighted by molar-refractivity contribution is 7.91. The molecule has 1 fully saturated rings. The Morgan fingerprint density at radius 2 is 1.96 bits per heavy atom. The summed E-state index contributed by atoms with van der Waals surface area (Å²) in [7, 11) is -1.40. The van der Waals surface area contributed by atoms with Gasteiger partial charge in [-0.05, 0) is 30.9 Å². The van der Waals surface area contributed by atoms with Crippen LogP contribution in [-0.2, 0) is 9.84 Å². The zero-order chi connectivity index (χ0) is 17.9. The molecular formula is C17H26N2O4S. The van der Waals surface area contributed by atoms with Crippen molar-refractivity contribution in [3.63, 3.8) is 0 Å². The summed E-state index contributed by atoms with van der Waals surface area (Å²) in [5.74, 6) is 1.23. The highest BCUT2D eigenvalue weighted by atomic mass is 32.2. The molecule has 7 heteroatoms. The minimum Gasteiger partial charge on any atom is -0.471 e. The van der Waals surface area contributed by atoms with Crippen molar-refractivity contribution in [3.05, 3.63) is 29.8 Å². The molecule has 134 valence electrons. The Morgan fingerprint density at radius 3 is 2.54 bits per heavy atom. The Hall–Kier alpha value is -1.76. The molecular weight excluding hydrogens is 328 g/mol. The predicted molar refractivity (Wildman–Crippen MR) is 94.0 cm³/mol. The largest absolute Gasteiger partial charge is 0.471 e. The Bertz CT molecular complexity index is 688. The SMILES string of the molecule is CC(NC(=O)N(C)C1CCS(=O)(=O)C1)Oc1ccccc1C(C)C. The van der Waals surface area contributed by atoms with E-state index in [4.69, 9.17) is 4.74 Å². The van der Waals surface area contributed by atoms with Crippen LogP contribution in [0, 0.1) is 0 Å². The zero-order valence-electron chi connectivity index (χ0n) is 14.7. The van der Waals surface area contributed by atoms with Gasteiger partial charge in [-0.2, -0.15) is 0 Å². The summed E-state index contributed by atoms with van der Waals surface area (Å²) in [5, 5.41) is 2.77. The Morgan fingerprint density at radius 1 is 1.29 bits per heavy atom. The molecule has 1 N–H and O–H groups in total. The lowest BCUT2D eigenvalue weighted by Crippen LogP contribution is -2.48. The first-order valence-corrected chi connectivity index (χ1v) is 10.0. The van der Waals surface area contributed by atoms with Crippen LogP contribution in [0.4, 0.5) is 4.79 Å². The van der Waals surface area contributed by atoms with Gasteiger partial charge in [0.2, 0.25) is 0 Å². The molecule has 2 amide bonds. The fraction of sp³-hybridized carbons (Fsp3) is 0.588. The van der Waals surface area contributed by atoms with E-state index >= 15 is 0 Å². The van der Waals surface area contributed by atoms with Gasteiger partial charge in [-0.3, -0.25) is 0 Å². The third kappa shape index (κ3) is 4.63. The number of hydrogen-bond acceptors (Lipinski definition) is 4. The van der Waals surface area contributed by atoms with Gasteiger partial charge in [-0.1, -0.05) is 32.0 Å². The summed E-state index contributed by atoms with van der Waals surface area (Å²) in [4.78, 5) is 13.8. The summed E-state index contributed by atoms with van der Waals surface area (Å²) < 4.78 is 29.0. The van der Waals surface area contributed by atoms with Gasteiger partial charge < -0.3 is 15.0 Å². The fourth-order valence-corrected chi connectivity index (χ4v) is 4.58. The molecule has 1 saturated heterocycles. The van der Waals surface area contributed by atoms with Crippen molar-refractivity contribution in [1.82, 2.24) is 10.2 Å². The van der Waals surface area contributed by atoms with E-state index in [0.29, 0.717) is 12.3 Å². The first-order valence-electron chi connectivity index (χ1n) is 8.19. The van der Waals surface area contributed by atoms with Crippen LogP contribution in [0.2, 0.25) is 0 Å². The number of benzene rings is 1. The van der Waals surface area contributed by atoms with Crippen molar-refractivity contribution in [1.29, 1.82) is 0 Å². The molecule has 1 heterocycles. The van der Waals surface area contributed by atoms with Gasteiger partial charge in [0, 0.05) is 13.1 Å². The van der Waals surface area contributed by atoms with Crippen molar-refractivity contribution >= 4 is 15.9 Å². The van der Waals surface area contributed by atoms with Crippen LogP contribution in [0.15, 0.2) is 24.3 Å². The summed E-state index contributed by atoms with van der Waals surface area (Å²) in [6, 6.07) is 7.14.